The lowest BCUT2D eigenvalue weighted by Crippen LogP contribution is -2.46. The summed E-state index contributed by atoms with van der Waals surface area (Å²) in [5, 5.41) is 14.2. The molecule has 1 aromatic carbocycles. The molecule has 1 saturated heterocycles. The fourth-order valence-corrected chi connectivity index (χ4v) is 3.06. The molecule has 0 spiro atoms. The van der Waals surface area contributed by atoms with E-state index in [0.717, 1.165) is 19.4 Å². The average molecular weight is 328 g/mol. The van der Waals surface area contributed by atoms with E-state index in [1.807, 2.05) is 4.90 Å². The highest BCUT2D eigenvalue weighted by Crippen LogP contribution is 2.18. The number of sulfonamides is 1. The van der Waals surface area contributed by atoms with Crippen molar-refractivity contribution in [3.8, 4) is 5.75 Å². The summed E-state index contributed by atoms with van der Waals surface area (Å²) in [6.07, 6.45) is 2.59. The maximum atomic E-state index is 11.2. The first-order valence-corrected chi connectivity index (χ1v) is 8.65. The van der Waals surface area contributed by atoms with Gasteiger partial charge in [-0.2, -0.15) is 0 Å². The minimum atomic E-state index is -3.70. The number of hydrogen-bond acceptors (Lipinski definition) is 5. The summed E-state index contributed by atoms with van der Waals surface area (Å²) in [7, 11) is -3.70. The molecule has 1 aromatic rings. The number of benzene rings is 1. The van der Waals surface area contributed by atoms with Gasteiger partial charge in [-0.25, -0.2) is 13.6 Å². The van der Waals surface area contributed by atoms with E-state index in [2.05, 4.69) is 0 Å². The number of piperidine rings is 1. The Morgan fingerprint density at radius 2 is 2.00 bits per heavy atom. The Hall–Kier alpha value is -1.64. The standard InChI is InChI=1S/C14H20N2O5S/c15-22(19,20)12-6-4-11(5-7-12)21-10-9-16-8-2-1-3-13(16)14(17)18/h4-7,13H,1-3,8-10H2,(H,17,18)(H2,15,19,20). The van der Waals surface area contributed by atoms with Crippen molar-refractivity contribution in [3.63, 3.8) is 0 Å². The van der Waals surface area contributed by atoms with Crippen LogP contribution < -0.4 is 9.88 Å². The summed E-state index contributed by atoms with van der Waals surface area (Å²) in [5.41, 5.74) is 0. The van der Waals surface area contributed by atoms with Crippen LogP contribution in [0.1, 0.15) is 19.3 Å². The van der Waals surface area contributed by atoms with Gasteiger partial charge in [0.05, 0.1) is 4.90 Å². The van der Waals surface area contributed by atoms with Crippen LogP contribution in [0.2, 0.25) is 0 Å². The molecule has 1 heterocycles. The molecule has 0 amide bonds. The number of rotatable bonds is 6. The smallest absolute Gasteiger partial charge is 0.320 e. The van der Waals surface area contributed by atoms with Crippen LogP contribution in [0, 0.1) is 0 Å². The SMILES string of the molecule is NS(=O)(=O)c1ccc(OCCN2CCCCC2C(=O)O)cc1. The highest BCUT2D eigenvalue weighted by Gasteiger charge is 2.27. The van der Waals surface area contributed by atoms with Crippen LogP contribution in [0.25, 0.3) is 0 Å². The van der Waals surface area contributed by atoms with Crippen molar-refractivity contribution in [1.29, 1.82) is 0 Å². The van der Waals surface area contributed by atoms with Crippen molar-refractivity contribution >= 4 is 16.0 Å². The minimum absolute atomic E-state index is 0.0295. The number of nitrogens with zero attached hydrogens (tertiary/aromatic N) is 1. The maximum Gasteiger partial charge on any atom is 0.320 e. The molecule has 3 N–H and O–H groups in total. The molecule has 1 aliphatic rings. The van der Waals surface area contributed by atoms with Gasteiger partial charge in [-0.15, -0.1) is 0 Å². The summed E-state index contributed by atoms with van der Waals surface area (Å²) in [5.74, 6) is -0.270. The van der Waals surface area contributed by atoms with Crippen LogP contribution in [-0.4, -0.2) is 50.1 Å². The highest BCUT2D eigenvalue weighted by molar-refractivity contribution is 7.89. The van der Waals surface area contributed by atoms with Gasteiger partial charge in [0.25, 0.3) is 0 Å². The largest absolute Gasteiger partial charge is 0.492 e. The second-order valence-electron chi connectivity index (χ2n) is 5.25. The van der Waals surface area contributed by atoms with Gasteiger partial charge in [-0.05, 0) is 43.7 Å². The summed E-state index contributed by atoms with van der Waals surface area (Å²) < 4.78 is 27.8. The normalized spacial score (nSPS) is 19.8. The molecule has 122 valence electrons. The third kappa shape index (κ3) is 4.43. The molecule has 0 radical (unpaired) electrons. The molecule has 2 rings (SSSR count). The predicted molar refractivity (Wildman–Crippen MR) is 80.2 cm³/mol. The first-order valence-electron chi connectivity index (χ1n) is 7.10. The molecule has 1 aliphatic heterocycles. The van der Waals surface area contributed by atoms with E-state index in [-0.39, 0.29) is 4.90 Å². The number of hydrogen-bond donors (Lipinski definition) is 2. The van der Waals surface area contributed by atoms with Crippen LogP contribution in [0.3, 0.4) is 0 Å². The van der Waals surface area contributed by atoms with Crippen molar-refractivity contribution in [2.75, 3.05) is 19.7 Å². The second kappa shape index (κ2) is 7.08. The maximum absolute atomic E-state index is 11.2. The number of carbonyl (C=O) groups is 1. The number of nitrogens with two attached hydrogens (primary N) is 1. The van der Waals surface area contributed by atoms with E-state index in [0.29, 0.717) is 25.3 Å². The summed E-state index contributed by atoms with van der Waals surface area (Å²) >= 11 is 0. The fraction of sp³-hybridized carbons (Fsp3) is 0.500. The molecular formula is C14H20N2O5S. The number of aliphatic carboxylic acids is 1. The fourth-order valence-electron chi connectivity index (χ4n) is 2.54. The first-order chi connectivity index (χ1) is 10.4. The van der Waals surface area contributed by atoms with Gasteiger partial charge in [-0.1, -0.05) is 6.42 Å². The Morgan fingerprint density at radius 3 is 2.59 bits per heavy atom. The molecule has 1 atom stereocenters. The van der Waals surface area contributed by atoms with Crippen LogP contribution in [0.5, 0.6) is 5.75 Å². The molecule has 7 nitrogen and oxygen atoms in total. The van der Waals surface area contributed by atoms with E-state index in [1.54, 1.807) is 0 Å². The van der Waals surface area contributed by atoms with Gasteiger partial charge in [0.1, 0.15) is 18.4 Å². The lowest BCUT2D eigenvalue weighted by atomic mass is 10.0. The average Bonchev–Trinajstić information content (AvgIpc) is 2.47. The Morgan fingerprint density at radius 1 is 1.32 bits per heavy atom. The quantitative estimate of drug-likeness (QED) is 0.793. The van der Waals surface area contributed by atoms with E-state index in [4.69, 9.17) is 9.88 Å². The summed E-state index contributed by atoms with van der Waals surface area (Å²) in [6.45, 7) is 1.62. The Labute approximate surface area is 129 Å². The Balaban J connectivity index is 1.86. The lowest BCUT2D eigenvalue weighted by molar-refractivity contribution is -0.144. The number of ether oxygens (including phenoxy) is 1. The molecule has 0 bridgehead atoms. The minimum Gasteiger partial charge on any atom is -0.492 e. The Kier molecular flexibility index (Phi) is 5.38. The van der Waals surface area contributed by atoms with E-state index < -0.39 is 22.0 Å². The number of carboxylic acid groups (broad SMARTS) is 1. The molecular weight excluding hydrogens is 308 g/mol. The third-order valence-electron chi connectivity index (χ3n) is 3.70. The number of primary sulfonamides is 1. The van der Waals surface area contributed by atoms with Crippen molar-refractivity contribution in [2.45, 2.75) is 30.2 Å². The van der Waals surface area contributed by atoms with Crippen LogP contribution >= 0.6 is 0 Å². The molecule has 0 aliphatic carbocycles. The monoisotopic (exact) mass is 328 g/mol. The zero-order chi connectivity index (χ0) is 16.2. The first kappa shape index (κ1) is 16.7. The Bertz CT molecular complexity index is 615. The van der Waals surface area contributed by atoms with Crippen molar-refractivity contribution < 1.29 is 23.1 Å². The molecule has 1 unspecified atom stereocenters. The van der Waals surface area contributed by atoms with Gasteiger partial charge in [0.15, 0.2) is 0 Å². The molecule has 0 saturated carbocycles. The molecule has 22 heavy (non-hydrogen) atoms. The van der Waals surface area contributed by atoms with E-state index in [1.165, 1.54) is 24.3 Å². The summed E-state index contributed by atoms with van der Waals surface area (Å²) in [4.78, 5) is 13.1. The van der Waals surface area contributed by atoms with E-state index >= 15 is 0 Å². The highest BCUT2D eigenvalue weighted by atomic mass is 32.2. The lowest BCUT2D eigenvalue weighted by Gasteiger charge is -2.32. The van der Waals surface area contributed by atoms with E-state index in [9.17, 15) is 18.3 Å². The molecule has 8 heteroatoms. The zero-order valence-electron chi connectivity index (χ0n) is 12.1. The van der Waals surface area contributed by atoms with Crippen LogP contribution in [0.15, 0.2) is 29.2 Å². The van der Waals surface area contributed by atoms with Gasteiger partial charge in [0.2, 0.25) is 10.0 Å². The topological polar surface area (TPSA) is 110 Å². The van der Waals surface area contributed by atoms with Crippen LogP contribution in [-0.2, 0) is 14.8 Å². The van der Waals surface area contributed by atoms with Gasteiger partial charge < -0.3 is 9.84 Å². The second-order valence-corrected chi connectivity index (χ2v) is 6.81. The zero-order valence-corrected chi connectivity index (χ0v) is 13.0. The van der Waals surface area contributed by atoms with Crippen LogP contribution in [0.4, 0.5) is 0 Å². The third-order valence-corrected chi connectivity index (χ3v) is 4.63. The number of carboxylic acids is 1. The summed E-state index contributed by atoms with van der Waals surface area (Å²) in [6, 6.07) is 5.38. The predicted octanol–water partition coefficient (Wildman–Crippen LogP) is 0.652. The van der Waals surface area contributed by atoms with Crippen molar-refractivity contribution in [2.24, 2.45) is 5.14 Å². The van der Waals surface area contributed by atoms with Gasteiger partial charge >= 0.3 is 5.97 Å². The van der Waals surface area contributed by atoms with Gasteiger partial charge in [-0.3, -0.25) is 9.69 Å². The van der Waals surface area contributed by atoms with Crippen molar-refractivity contribution in [1.82, 2.24) is 4.90 Å². The van der Waals surface area contributed by atoms with Gasteiger partial charge in [0, 0.05) is 6.54 Å². The molecule has 0 aromatic heterocycles. The molecule has 1 fully saturated rings. The van der Waals surface area contributed by atoms with Crippen molar-refractivity contribution in [3.05, 3.63) is 24.3 Å². The number of likely N-dealkylation sites (tertiary alicyclic amines) is 1.